The largest absolute Gasteiger partial charge is 0.316 e. The normalized spacial score (nSPS) is 14.1. The van der Waals surface area contributed by atoms with Crippen LogP contribution in [-0.2, 0) is 0 Å². The smallest absolute Gasteiger partial charge is 0.0194 e. The van der Waals surface area contributed by atoms with Crippen molar-refractivity contribution in [1.29, 1.82) is 0 Å². The summed E-state index contributed by atoms with van der Waals surface area (Å²) in [5, 5.41) is 3.39. The van der Waals surface area contributed by atoms with E-state index in [1.165, 1.54) is 13.0 Å². The molecule has 0 saturated heterocycles. The maximum atomic E-state index is 3.39. The fourth-order valence-corrected chi connectivity index (χ4v) is 1.65. The van der Waals surface area contributed by atoms with Crippen LogP contribution in [0.2, 0.25) is 0 Å². The van der Waals surface area contributed by atoms with Crippen molar-refractivity contribution in [3.8, 4) is 0 Å². The average molecular weight is 186 g/mol. The van der Waals surface area contributed by atoms with Gasteiger partial charge < -0.3 is 10.2 Å². The third kappa shape index (κ3) is 6.05. The molecule has 0 spiro atoms. The minimum atomic E-state index is 0.653. The van der Waals surface area contributed by atoms with Crippen molar-refractivity contribution in [3.05, 3.63) is 0 Å². The molecule has 80 valence electrons. The number of hydrogen-bond donors (Lipinski definition) is 1. The summed E-state index contributed by atoms with van der Waals surface area (Å²) in [5.41, 5.74) is 0. The molecule has 1 atom stereocenters. The predicted octanol–water partition coefficient (Wildman–Crippen LogP) is 1.96. The Morgan fingerprint density at radius 3 is 2.00 bits per heavy atom. The molecule has 0 aromatic carbocycles. The van der Waals surface area contributed by atoms with E-state index in [-0.39, 0.29) is 0 Å². The highest BCUT2D eigenvalue weighted by atomic mass is 15.1. The van der Waals surface area contributed by atoms with Gasteiger partial charge in [-0.05, 0) is 32.5 Å². The molecule has 2 heteroatoms. The van der Waals surface area contributed by atoms with Crippen LogP contribution in [0, 0.1) is 5.92 Å². The number of nitrogens with one attached hydrogen (secondary N) is 1. The molecular formula is C11H26N2. The second-order valence-electron chi connectivity index (χ2n) is 4.10. The third-order valence-electron chi connectivity index (χ3n) is 2.54. The van der Waals surface area contributed by atoms with Gasteiger partial charge in [0.15, 0.2) is 0 Å². The summed E-state index contributed by atoms with van der Waals surface area (Å²) in [5.74, 6) is 0.785. The van der Waals surface area contributed by atoms with Gasteiger partial charge in [-0.2, -0.15) is 0 Å². The highest BCUT2D eigenvalue weighted by Crippen LogP contribution is 2.05. The van der Waals surface area contributed by atoms with Crippen LogP contribution in [0.3, 0.4) is 0 Å². The number of hydrogen-bond acceptors (Lipinski definition) is 2. The maximum Gasteiger partial charge on any atom is 0.0194 e. The summed E-state index contributed by atoms with van der Waals surface area (Å²) in [6, 6.07) is 0.653. The van der Waals surface area contributed by atoms with E-state index in [1.807, 2.05) is 0 Å². The predicted molar refractivity (Wildman–Crippen MR) is 60.1 cm³/mol. The van der Waals surface area contributed by atoms with Crippen LogP contribution < -0.4 is 5.32 Å². The lowest BCUT2D eigenvalue weighted by Gasteiger charge is -2.26. The Bertz CT molecular complexity index is 109. The van der Waals surface area contributed by atoms with Crippen molar-refractivity contribution in [2.45, 2.75) is 40.2 Å². The average Bonchev–Trinajstić information content (AvgIpc) is 2.11. The molecule has 0 heterocycles. The van der Waals surface area contributed by atoms with Gasteiger partial charge in [-0.15, -0.1) is 0 Å². The third-order valence-corrected chi connectivity index (χ3v) is 2.54. The zero-order valence-corrected chi connectivity index (χ0v) is 9.93. The standard InChI is InChI=1S/C11H26N2/c1-6-13(7-2)9-11(12-5)8-10(3)4/h10-12H,6-9H2,1-5H3/t11-/m1/s1. The Hall–Kier alpha value is -0.0800. The van der Waals surface area contributed by atoms with Gasteiger partial charge in [-0.25, -0.2) is 0 Å². The highest BCUT2D eigenvalue weighted by molar-refractivity contribution is 4.70. The molecule has 0 unspecified atom stereocenters. The lowest BCUT2D eigenvalue weighted by atomic mass is 10.0. The van der Waals surface area contributed by atoms with Crippen molar-refractivity contribution < 1.29 is 0 Å². The number of likely N-dealkylation sites (N-methyl/N-ethyl adjacent to an activating group) is 2. The molecule has 0 aromatic heterocycles. The van der Waals surface area contributed by atoms with Gasteiger partial charge >= 0.3 is 0 Å². The first-order chi connectivity index (χ1) is 6.13. The second-order valence-corrected chi connectivity index (χ2v) is 4.10. The zero-order chi connectivity index (χ0) is 10.3. The Balaban J connectivity index is 3.80. The molecule has 0 amide bonds. The minimum Gasteiger partial charge on any atom is -0.316 e. The van der Waals surface area contributed by atoms with Crippen molar-refractivity contribution in [2.24, 2.45) is 5.92 Å². The quantitative estimate of drug-likeness (QED) is 0.654. The SMILES string of the molecule is CCN(CC)C[C@@H](CC(C)C)NC. The Morgan fingerprint density at radius 2 is 1.69 bits per heavy atom. The fourth-order valence-electron chi connectivity index (χ4n) is 1.65. The van der Waals surface area contributed by atoms with Crippen LogP contribution in [0.5, 0.6) is 0 Å². The summed E-state index contributed by atoms with van der Waals surface area (Å²) >= 11 is 0. The van der Waals surface area contributed by atoms with E-state index in [4.69, 9.17) is 0 Å². The summed E-state index contributed by atoms with van der Waals surface area (Å²) in [7, 11) is 2.07. The van der Waals surface area contributed by atoms with Crippen molar-refractivity contribution in [1.82, 2.24) is 10.2 Å². The fraction of sp³-hybridized carbons (Fsp3) is 1.00. The van der Waals surface area contributed by atoms with Gasteiger partial charge in [0.25, 0.3) is 0 Å². The molecule has 0 radical (unpaired) electrons. The van der Waals surface area contributed by atoms with E-state index in [2.05, 4.69) is 45.0 Å². The van der Waals surface area contributed by atoms with E-state index in [1.54, 1.807) is 0 Å². The number of nitrogens with zero attached hydrogens (tertiary/aromatic N) is 1. The molecule has 13 heavy (non-hydrogen) atoms. The van der Waals surface area contributed by atoms with Crippen LogP contribution in [-0.4, -0.2) is 37.6 Å². The van der Waals surface area contributed by atoms with Crippen LogP contribution in [0.4, 0.5) is 0 Å². The van der Waals surface area contributed by atoms with E-state index < -0.39 is 0 Å². The first-order valence-electron chi connectivity index (χ1n) is 5.53. The van der Waals surface area contributed by atoms with Gasteiger partial charge in [-0.1, -0.05) is 27.7 Å². The summed E-state index contributed by atoms with van der Waals surface area (Å²) in [4.78, 5) is 2.48. The molecule has 0 saturated carbocycles. The monoisotopic (exact) mass is 186 g/mol. The first kappa shape index (κ1) is 12.9. The van der Waals surface area contributed by atoms with Crippen LogP contribution in [0.25, 0.3) is 0 Å². The molecule has 0 rings (SSSR count). The lowest BCUT2D eigenvalue weighted by molar-refractivity contribution is 0.253. The van der Waals surface area contributed by atoms with Crippen molar-refractivity contribution in [2.75, 3.05) is 26.7 Å². The van der Waals surface area contributed by atoms with Gasteiger partial charge in [-0.3, -0.25) is 0 Å². The molecule has 0 aliphatic heterocycles. The maximum absolute atomic E-state index is 3.39. The van der Waals surface area contributed by atoms with E-state index in [0.717, 1.165) is 19.0 Å². The Labute approximate surface area is 83.7 Å². The van der Waals surface area contributed by atoms with Gasteiger partial charge in [0.2, 0.25) is 0 Å². The first-order valence-corrected chi connectivity index (χ1v) is 5.53. The Morgan fingerprint density at radius 1 is 1.15 bits per heavy atom. The van der Waals surface area contributed by atoms with Crippen molar-refractivity contribution >= 4 is 0 Å². The molecule has 2 nitrogen and oxygen atoms in total. The molecule has 0 bridgehead atoms. The minimum absolute atomic E-state index is 0.653. The molecule has 0 aromatic rings. The van der Waals surface area contributed by atoms with Crippen molar-refractivity contribution in [3.63, 3.8) is 0 Å². The van der Waals surface area contributed by atoms with Crippen LogP contribution >= 0.6 is 0 Å². The molecular weight excluding hydrogens is 160 g/mol. The number of rotatable bonds is 7. The van der Waals surface area contributed by atoms with E-state index in [0.29, 0.717) is 6.04 Å². The molecule has 1 N–H and O–H groups in total. The highest BCUT2D eigenvalue weighted by Gasteiger charge is 2.11. The topological polar surface area (TPSA) is 15.3 Å². The van der Waals surface area contributed by atoms with Gasteiger partial charge in [0.05, 0.1) is 0 Å². The van der Waals surface area contributed by atoms with Crippen LogP contribution in [0.1, 0.15) is 34.1 Å². The summed E-state index contributed by atoms with van der Waals surface area (Å²) in [6.45, 7) is 12.5. The van der Waals surface area contributed by atoms with Gasteiger partial charge in [0.1, 0.15) is 0 Å². The molecule has 0 fully saturated rings. The second kappa shape index (κ2) is 7.34. The van der Waals surface area contributed by atoms with Crippen LogP contribution in [0.15, 0.2) is 0 Å². The Kier molecular flexibility index (Phi) is 7.29. The van der Waals surface area contributed by atoms with E-state index in [9.17, 15) is 0 Å². The zero-order valence-electron chi connectivity index (χ0n) is 9.93. The molecule has 0 aliphatic rings. The van der Waals surface area contributed by atoms with E-state index >= 15 is 0 Å². The lowest BCUT2D eigenvalue weighted by Crippen LogP contribution is -2.40. The van der Waals surface area contributed by atoms with Gasteiger partial charge in [0, 0.05) is 12.6 Å². The molecule has 0 aliphatic carbocycles. The summed E-state index contributed by atoms with van der Waals surface area (Å²) < 4.78 is 0. The summed E-state index contributed by atoms with van der Waals surface area (Å²) in [6.07, 6.45) is 1.27.